The number of carbonyl (C=O) groups excluding carboxylic acids is 1. The molecule has 1 aromatic rings. The topological polar surface area (TPSA) is 41.6 Å². The molecule has 1 heterocycles. The number of nitrogens with zero attached hydrogens (tertiary/aromatic N) is 1. The summed E-state index contributed by atoms with van der Waals surface area (Å²) in [5.74, 6) is 0. The standard InChI is InChI=1S/C19H30N2O2/c1-6-7-14(2)20-11-15-8-9-16-12-21(13-17(16)10-15)18(22)23-19(3,4)5/h8-10,14,20H,6-7,11-13H2,1-5H3. The van der Waals surface area contributed by atoms with Gasteiger partial charge in [0.05, 0.1) is 0 Å². The minimum atomic E-state index is -0.448. The maximum absolute atomic E-state index is 12.2. The van der Waals surface area contributed by atoms with E-state index in [4.69, 9.17) is 4.74 Å². The molecule has 1 N–H and O–H groups in total. The fraction of sp³-hybridized carbons (Fsp3) is 0.632. The summed E-state index contributed by atoms with van der Waals surface area (Å²) >= 11 is 0. The molecule has 1 aromatic carbocycles. The summed E-state index contributed by atoms with van der Waals surface area (Å²) in [6.45, 7) is 12.3. The monoisotopic (exact) mass is 318 g/mol. The number of carbonyl (C=O) groups is 1. The number of nitrogens with one attached hydrogen (secondary N) is 1. The van der Waals surface area contributed by atoms with Crippen molar-refractivity contribution in [2.75, 3.05) is 0 Å². The Labute approximate surface area is 140 Å². The first-order chi connectivity index (χ1) is 10.8. The third kappa shape index (κ3) is 5.24. The average molecular weight is 318 g/mol. The molecule has 0 saturated carbocycles. The van der Waals surface area contributed by atoms with Crippen LogP contribution < -0.4 is 5.32 Å². The molecular weight excluding hydrogens is 288 g/mol. The van der Waals surface area contributed by atoms with Gasteiger partial charge in [-0.2, -0.15) is 0 Å². The van der Waals surface area contributed by atoms with E-state index in [0.29, 0.717) is 19.1 Å². The van der Waals surface area contributed by atoms with Crippen LogP contribution in [0, 0.1) is 0 Å². The molecule has 4 nitrogen and oxygen atoms in total. The largest absolute Gasteiger partial charge is 0.444 e. The Kier molecular flexibility index (Phi) is 5.69. The highest BCUT2D eigenvalue weighted by Crippen LogP contribution is 2.25. The summed E-state index contributed by atoms with van der Waals surface area (Å²) in [4.78, 5) is 14.0. The summed E-state index contributed by atoms with van der Waals surface area (Å²) in [6, 6.07) is 7.04. The van der Waals surface area contributed by atoms with Gasteiger partial charge >= 0.3 is 6.09 Å². The Morgan fingerprint density at radius 2 is 2.00 bits per heavy atom. The molecule has 0 aromatic heterocycles. The Hall–Kier alpha value is -1.55. The molecule has 1 aliphatic heterocycles. The molecule has 0 fully saturated rings. The zero-order chi connectivity index (χ0) is 17.0. The molecule has 1 amide bonds. The summed E-state index contributed by atoms with van der Waals surface area (Å²) in [5.41, 5.74) is 3.29. The first-order valence-electron chi connectivity index (χ1n) is 8.60. The fourth-order valence-corrected chi connectivity index (χ4v) is 2.84. The second-order valence-corrected chi connectivity index (χ2v) is 7.51. The van der Waals surface area contributed by atoms with Gasteiger partial charge in [-0.05, 0) is 50.8 Å². The van der Waals surface area contributed by atoms with E-state index < -0.39 is 5.60 Å². The first kappa shape index (κ1) is 17.8. The normalized spacial score (nSPS) is 15.4. The van der Waals surface area contributed by atoms with Crippen LogP contribution in [0.3, 0.4) is 0 Å². The lowest BCUT2D eigenvalue weighted by molar-refractivity contribution is 0.0242. The Balaban J connectivity index is 1.94. The molecule has 0 aliphatic carbocycles. The minimum Gasteiger partial charge on any atom is -0.444 e. The van der Waals surface area contributed by atoms with Gasteiger partial charge < -0.3 is 10.1 Å². The van der Waals surface area contributed by atoms with Crippen molar-refractivity contribution in [3.8, 4) is 0 Å². The fourth-order valence-electron chi connectivity index (χ4n) is 2.84. The molecule has 2 rings (SSSR count). The Bertz CT molecular complexity index is 549. The molecular formula is C19H30N2O2. The number of hydrogen-bond donors (Lipinski definition) is 1. The molecule has 0 saturated heterocycles. The first-order valence-corrected chi connectivity index (χ1v) is 8.60. The third-order valence-electron chi connectivity index (χ3n) is 4.02. The van der Waals surface area contributed by atoms with E-state index in [9.17, 15) is 4.79 Å². The van der Waals surface area contributed by atoms with Crippen LogP contribution >= 0.6 is 0 Å². The molecule has 1 aliphatic rings. The van der Waals surface area contributed by atoms with Crippen molar-refractivity contribution >= 4 is 6.09 Å². The Morgan fingerprint density at radius 3 is 2.65 bits per heavy atom. The zero-order valence-corrected chi connectivity index (χ0v) is 15.1. The molecule has 0 radical (unpaired) electrons. The second-order valence-electron chi connectivity index (χ2n) is 7.51. The van der Waals surface area contributed by atoms with Gasteiger partial charge in [0.1, 0.15) is 5.60 Å². The van der Waals surface area contributed by atoms with Gasteiger partial charge in [-0.3, -0.25) is 4.90 Å². The zero-order valence-electron chi connectivity index (χ0n) is 15.1. The predicted octanol–water partition coefficient (Wildman–Crippen LogP) is 4.22. The van der Waals surface area contributed by atoms with E-state index in [-0.39, 0.29) is 6.09 Å². The third-order valence-corrected chi connectivity index (χ3v) is 4.02. The molecule has 0 spiro atoms. The van der Waals surface area contributed by atoms with Gasteiger partial charge in [-0.15, -0.1) is 0 Å². The lowest BCUT2D eigenvalue weighted by Gasteiger charge is -2.24. The van der Waals surface area contributed by atoms with Crippen molar-refractivity contribution in [1.82, 2.24) is 10.2 Å². The van der Waals surface area contributed by atoms with E-state index >= 15 is 0 Å². The van der Waals surface area contributed by atoms with E-state index in [0.717, 1.165) is 6.54 Å². The van der Waals surface area contributed by atoms with Crippen LogP contribution in [0.1, 0.15) is 64.2 Å². The quantitative estimate of drug-likeness (QED) is 0.884. The summed E-state index contributed by atoms with van der Waals surface area (Å²) in [7, 11) is 0. The van der Waals surface area contributed by atoms with Crippen LogP contribution in [0.2, 0.25) is 0 Å². The van der Waals surface area contributed by atoms with Crippen molar-refractivity contribution in [2.24, 2.45) is 0 Å². The van der Waals surface area contributed by atoms with Crippen LogP contribution in [0.25, 0.3) is 0 Å². The van der Waals surface area contributed by atoms with E-state index in [1.165, 1.54) is 29.5 Å². The highest BCUT2D eigenvalue weighted by molar-refractivity contribution is 5.69. The van der Waals surface area contributed by atoms with Crippen LogP contribution in [0.4, 0.5) is 4.79 Å². The summed E-state index contributed by atoms with van der Waals surface area (Å²) in [6.07, 6.45) is 2.16. The van der Waals surface area contributed by atoms with Crippen LogP contribution in [-0.2, 0) is 24.4 Å². The smallest absolute Gasteiger partial charge is 0.410 e. The van der Waals surface area contributed by atoms with Crippen LogP contribution in [-0.4, -0.2) is 22.6 Å². The number of fused-ring (bicyclic) bond motifs is 1. The van der Waals surface area contributed by atoms with Gasteiger partial charge in [-0.25, -0.2) is 4.79 Å². The Morgan fingerprint density at radius 1 is 1.30 bits per heavy atom. The van der Waals surface area contributed by atoms with Gasteiger partial charge in [0.15, 0.2) is 0 Å². The van der Waals surface area contributed by atoms with E-state index in [1.807, 2.05) is 20.8 Å². The molecule has 128 valence electrons. The highest BCUT2D eigenvalue weighted by atomic mass is 16.6. The number of ether oxygens (including phenoxy) is 1. The number of amides is 1. The lowest BCUT2D eigenvalue weighted by atomic mass is 10.1. The summed E-state index contributed by atoms with van der Waals surface area (Å²) < 4.78 is 5.46. The molecule has 1 unspecified atom stereocenters. The van der Waals surface area contributed by atoms with Crippen molar-refractivity contribution in [3.63, 3.8) is 0 Å². The van der Waals surface area contributed by atoms with E-state index in [1.54, 1.807) is 4.90 Å². The maximum Gasteiger partial charge on any atom is 0.410 e. The van der Waals surface area contributed by atoms with Crippen molar-refractivity contribution in [2.45, 2.75) is 78.7 Å². The number of rotatable bonds is 5. The highest BCUT2D eigenvalue weighted by Gasteiger charge is 2.27. The van der Waals surface area contributed by atoms with Gasteiger partial charge in [0, 0.05) is 25.7 Å². The number of benzene rings is 1. The minimum absolute atomic E-state index is 0.232. The molecule has 1 atom stereocenters. The molecule has 23 heavy (non-hydrogen) atoms. The second kappa shape index (κ2) is 7.35. The molecule has 0 bridgehead atoms. The van der Waals surface area contributed by atoms with Gasteiger partial charge in [-0.1, -0.05) is 31.5 Å². The maximum atomic E-state index is 12.2. The molecule has 4 heteroatoms. The lowest BCUT2D eigenvalue weighted by Crippen LogP contribution is -2.33. The van der Waals surface area contributed by atoms with Crippen LogP contribution in [0.15, 0.2) is 18.2 Å². The van der Waals surface area contributed by atoms with Crippen molar-refractivity contribution < 1.29 is 9.53 Å². The summed E-state index contributed by atoms with van der Waals surface area (Å²) in [5, 5.41) is 3.55. The average Bonchev–Trinajstić information content (AvgIpc) is 2.87. The predicted molar refractivity (Wildman–Crippen MR) is 93.1 cm³/mol. The van der Waals surface area contributed by atoms with Gasteiger partial charge in [0.25, 0.3) is 0 Å². The van der Waals surface area contributed by atoms with Crippen molar-refractivity contribution in [1.29, 1.82) is 0 Å². The van der Waals surface area contributed by atoms with Crippen molar-refractivity contribution in [3.05, 3.63) is 34.9 Å². The number of hydrogen-bond acceptors (Lipinski definition) is 3. The van der Waals surface area contributed by atoms with Crippen LogP contribution in [0.5, 0.6) is 0 Å². The van der Waals surface area contributed by atoms with Gasteiger partial charge in [0.2, 0.25) is 0 Å². The SMILES string of the molecule is CCCC(C)NCc1ccc2c(c1)CN(C(=O)OC(C)(C)C)C2. The van der Waals surface area contributed by atoms with E-state index in [2.05, 4.69) is 37.4 Å².